The van der Waals surface area contributed by atoms with E-state index in [0.29, 0.717) is 24.0 Å². The second-order valence-electron chi connectivity index (χ2n) is 2.90. The van der Waals surface area contributed by atoms with E-state index >= 15 is 0 Å². The number of ketones is 1. The number of hydrogen-bond donors (Lipinski definition) is 0. The van der Waals surface area contributed by atoms with Gasteiger partial charge in [0.2, 0.25) is 0 Å². The van der Waals surface area contributed by atoms with Gasteiger partial charge in [-0.2, -0.15) is 0 Å². The normalized spacial score (nSPS) is 14.5. The lowest BCUT2D eigenvalue weighted by Gasteiger charge is -1.85. The maximum absolute atomic E-state index is 11.3. The predicted octanol–water partition coefficient (Wildman–Crippen LogP) is 1.18. The van der Waals surface area contributed by atoms with Crippen molar-refractivity contribution < 1.29 is 4.79 Å². The first-order valence-corrected chi connectivity index (χ1v) is 3.94. The van der Waals surface area contributed by atoms with Crippen LogP contribution in [-0.4, -0.2) is 5.78 Å². The van der Waals surface area contributed by atoms with Gasteiger partial charge in [0.1, 0.15) is 0 Å². The zero-order valence-corrected chi connectivity index (χ0v) is 6.54. The van der Waals surface area contributed by atoms with E-state index in [-0.39, 0.29) is 11.2 Å². The second-order valence-corrected chi connectivity index (χ2v) is 2.90. The van der Waals surface area contributed by atoms with Crippen LogP contribution in [0.2, 0.25) is 0 Å². The maximum atomic E-state index is 11.3. The molecule has 0 aliphatic heterocycles. The van der Waals surface area contributed by atoms with Crippen LogP contribution in [0.5, 0.6) is 0 Å². The molecule has 1 aromatic rings. The number of carbonyl (C=O) groups is 1. The lowest BCUT2D eigenvalue weighted by atomic mass is 10.2. The van der Waals surface area contributed by atoms with E-state index < -0.39 is 0 Å². The third-order valence-electron chi connectivity index (χ3n) is 2.15. The van der Waals surface area contributed by atoms with E-state index in [2.05, 4.69) is 0 Å². The first-order chi connectivity index (χ1) is 5.79. The summed E-state index contributed by atoms with van der Waals surface area (Å²) in [7, 11) is 0. The molecule has 0 amide bonds. The molecular formula is C10H8O2. The average molecular weight is 160 g/mol. The van der Waals surface area contributed by atoms with Crippen LogP contribution in [0, 0.1) is 0 Å². The van der Waals surface area contributed by atoms with Crippen molar-refractivity contribution >= 4 is 5.78 Å². The number of Topliss-reactive ketones (excluding diaryl/α,β-unsaturated/α-hetero) is 1. The fourth-order valence-corrected chi connectivity index (χ4v) is 1.52. The Bertz CT molecular complexity index is 393. The number of hydrogen-bond acceptors (Lipinski definition) is 2. The molecule has 0 heterocycles. The third kappa shape index (κ3) is 0.961. The Labute approximate surface area is 69.9 Å². The molecule has 2 nitrogen and oxygen atoms in total. The zero-order valence-electron chi connectivity index (χ0n) is 6.54. The van der Waals surface area contributed by atoms with Crippen LogP contribution in [-0.2, 0) is 6.42 Å². The van der Waals surface area contributed by atoms with Gasteiger partial charge in [0, 0.05) is 17.5 Å². The Morgan fingerprint density at radius 1 is 1.00 bits per heavy atom. The average Bonchev–Trinajstić information content (AvgIpc) is 2.30. The van der Waals surface area contributed by atoms with Crippen LogP contribution in [0.1, 0.15) is 22.3 Å². The van der Waals surface area contributed by atoms with Crippen LogP contribution < -0.4 is 5.43 Å². The highest BCUT2D eigenvalue weighted by Gasteiger charge is 2.19. The molecule has 1 aliphatic rings. The van der Waals surface area contributed by atoms with Gasteiger partial charge in [0.25, 0.3) is 0 Å². The first-order valence-electron chi connectivity index (χ1n) is 3.94. The van der Waals surface area contributed by atoms with Crippen LogP contribution in [0.15, 0.2) is 29.1 Å². The van der Waals surface area contributed by atoms with Gasteiger partial charge < -0.3 is 0 Å². The lowest BCUT2D eigenvalue weighted by Crippen LogP contribution is -2.02. The highest BCUT2D eigenvalue weighted by Crippen LogP contribution is 2.16. The molecule has 0 bridgehead atoms. The Balaban J connectivity index is 2.81. The minimum Gasteiger partial charge on any atom is -0.294 e. The van der Waals surface area contributed by atoms with Crippen molar-refractivity contribution in [2.75, 3.05) is 0 Å². The van der Waals surface area contributed by atoms with Crippen molar-refractivity contribution in [2.45, 2.75) is 12.8 Å². The molecule has 0 aromatic heterocycles. The van der Waals surface area contributed by atoms with E-state index in [1.807, 2.05) is 0 Å². The third-order valence-corrected chi connectivity index (χ3v) is 2.15. The largest absolute Gasteiger partial charge is 0.294 e. The molecular weight excluding hydrogens is 152 g/mol. The molecule has 0 fully saturated rings. The summed E-state index contributed by atoms with van der Waals surface area (Å²) in [5, 5.41) is 0. The quantitative estimate of drug-likeness (QED) is 0.571. The Morgan fingerprint density at radius 2 is 1.75 bits per heavy atom. The van der Waals surface area contributed by atoms with Crippen LogP contribution in [0.3, 0.4) is 0 Å². The molecule has 60 valence electrons. The van der Waals surface area contributed by atoms with Crippen LogP contribution >= 0.6 is 0 Å². The number of fused-ring (bicyclic) bond motifs is 1. The summed E-state index contributed by atoms with van der Waals surface area (Å²) in [6.45, 7) is 0. The van der Waals surface area contributed by atoms with Gasteiger partial charge in [0.05, 0.1) is 0 Å². The smallest absolute Gasteiger partial charge is 0.182 e. The molecule has 2 heteroatoms. The number of carbonyl (C=O) groups excluding carboxylic acids is 1. The molecule has 2 rings (SSSR count). The summed E-state index contributed by atoms with van der Waals surface area (Å²) in [6.07, 6.45) is 1.11. The van der Waals surface area contributed by atoms with Gasteiger partial charge in [0.15, 0.2) is 11.2 Å². The molecule has 0 N–H and O–H groups in total. The molecule has 0 spiro atoms. The van der Waals surface area contributed by atoms with Gasteiger partial charge in [-0.05, 0) is 12.5 Å². The summed E-state index contributed by atoms with van der Waals surface area (Å²) in [4.78, 5) is 22.5. The Kier molecular flexibility index (Phi) is 1.54. The second kappa shape index (κ2) is 2.55. The van der Waals surface area contributed by atoms with Crippen molar-refractivity contribution in [3.63, 3.8) is 0 Å². The standard InChI is InChI=1S/C10H8O2/c11-9-4-2-1-3-7-8(9)5-6-10(7)12/h1-4H,5-6H2. The molecule has 0 saturated heterocycles. The summed E-state index contributed by atoms with van der Waals surface area (Å²) in [6, 6.07) is 6.65. The maximum Gasteiger partial charge on any atom is 0.182 e. The summed E-state index contributed by atoms with van der Waals surface area (Å²) in [5.41, 5.74) is 1.29. The fourth-order valence-electron chi connectivity index (χ4n) is 1.52. The fraction of sp³-hybridized carbons (Fsp3) is 0.200. The molecule has 0 radical (unpaired) electrons. The number of rotatable bonds is 0. The van der Waals surface area contributed by atoms with Crippen LogP contribution in [0.25, 0.3) is 0 Å². The van der Waals surface area contributed by atoms with Crippen molar-refractivity contribution in [1.82, 2.24) is 0 Å². The Hall–Kier alpha value is -1.44. The highest BCUT2D eigenvalue weighted by atomic mass is 16.1. The molecule has 0 atom stereocenters. The molecule has 12 heavy (non-hydrogen) atoms. The molecule has 1 aromatic carbocycles. The van der Waals surface area contributed by atoms with E-state index in [0.717, 1.165) is 0 Å². The van der Waals surface area contributed by atoms with E-state index in [4.69, 9.17) is 0 Å². The minimum atomic E-state index is -0.0131. The van der Waals surface area contributed by atoms with Crippen LogP contribution in [0.4, 0.5) is 0 Å². The van der Waals surface area contributed by atoms with E-state index in [1.165, 1.54) is 6.07 Å². The van der Waals surface area contributed by atoms with Gasteiger partial charge in [-0.15, -0.1) is 0 Å². The van der Waals surface area contributed by atoms with Gasteiger partial charge in [-0.25, -0.2) is 0 Å². The molecule has 1 aliphatic carbocycles. The van der Waals surface area contributed by atoms with Crippen molar-refractivity contribution in [1.29, 1.82) is 0 Å². The predicted molar refractivity (Wildman–Crippen MR) is 45.4 cm³/mol. The first kappa shape index (κ1) is 7.22. The summed E-state index contributed by atoms with van der Waals surface area (Å²) >= 11 is 0. The minimum absolute atomic E-state index is 0.0131. The Morgan fingerprint density at radius 3 is 2.58 bits per heavy atom. The van der Waals surface area contributed by atoms with Gasteiger partial charge in [-0.3, -0.25) is 9.59 Å². The lowest BCUT2D eigenvalue weighted by molar-refractivity contribution is 0.0994. The van der Waals surface area contributed by atoms with Crippen molar-refractivity contribution in [2.24, 2.45) is 0 Å². The SMILES string of the molecule is O=C1CCc2c1ccccc2=O. The highest BCUT2D eigenvalue weighted by molar-refractivity contribution is 6.00. The molecule has 0 saturated carbocycles. The summed E-state index contributed by atoms with van der Waals surface area (Å²) in [5.74, 6) is 0.0956. The zero-order chi connectivity index (χ0) is 8.55. The topological polar surface area (TPSA) is 34.1 Å². The van der Waals surface area contributed by atoms with E-state index in [1.54, 1.807) is 18.2 Å². The van der Waals surface area contributed by atoms with Crippen molar-refractivity contribution in [3.8, 4) is 0 Å². The van der Waals surface area contributed by atoms with Crippen molar-refractivity contribution in [3.05, 3.63) is 45.6 Å². The molecule has 0 unspecified atom stereocenters. The van der Waals surface area contributed by atoms with Gasteiger partial charge in [-0.1, -0.05) is 18.2 Å². The van der Waals surface area contributed by atoms with Gasteiger partial charge >= 0.3 is 0 Å². The summed E-state index contributed by atoms with van der Waals surface area (Å²) < 4.78 is 0. The monoisotopic (exact) mass is 160 g/mol. The van der Waals surface area contributed by atoms with E-state index in [9.17, 15) is 9.59 Å².